The van der Waals surface area contributed by atoms with Crippen LogP contribution in [0.3, 0.4) is 0 Å². The highest BCUT2D eigenvalue weighted by Gasteiger charge is 2.37. The van der Waals surface area contributed by atoms with Gasteiger partial charge in [0.05, 0.1) is 0 Å². The van der Waals surface area contributed by atoms with Crippen LogP contribution >= 0.6 is 115 Å². The first kappa shape index (κ1) is 39.5. The van der Waals surface area contributed by atoms with Crippen LogP contribution < -0.4 is 10.6 Å². The van der Waals surface area contributed by atoms with Gasteiger partial charge >= 0.3 is 12.2 Å². The molecule has 6 nitrogen and oxygen atoms in total. The van der Waals surface area contributed by atoms with Gasteiger partial charge < -0.3 is 20.1 Å². The van der Waals surface area contributed by atoms with Gasteiger partial charge in [0, 0.05) is 37.7 Å². The molecule has 2 amide bonds. The number of amides is 2. The third-order valence-electron chi connectivity index (χ3n) is 3.62. The summed E-state index contributed by atoms with van der Waals surface area (Å²) in [6, 6.07) is 0. The largest absolute Gasteiger partial charge is 0.444 e. The lowest BCUT2D eigenvalue weighted by Crippen LogP contribution is -2.47. The Bertz CT molecular complexity index is 638. The minimum absolute atomic E-state index is 0.165. The number of hydrogen-bond acceptors (Lipinski definition) is 5. The lowest BCUT2D eigenvalue weighted by atomic mass is 9.93. The molecule has 0 heterocycles. The summed E-state index contributed by atoms with van der Waals surface area (Å²) in [6.07, 6.45) is -0.891. The van der Waals surface area contributed by atoms with Crippen LogP contribution in [0.25, 0.3) is 0 Å². The van der Waals surface area contributed by atoms with E-state index in [-0.39, 0.29) is 46.9 Å². The van der Waals surface area contributed by atoms with E-state index in [9.17, 15) is 9.59 Å². The van der Waals surface area contributed by atoms with Crippen molar-refractivity contribution in [3.05, 3.63) is 0 Å². The Morgan fingerprint density at radius 1 is 0.714 bits per heavy atom. The Hall–Kier alpha value is 4.48. The van der Waals surface area contributed by atoms with E-state index in [1.807, 2.05) is 52.9 Å². The van der Waals surface area contributed by atoms with E-state index in [1.54, 1.807) is 0 Å². The first-order valence-electron chi connectivity index (χ1n) is 10.3. The Kier molecular flexibility index (Phi) is 20.5. The number of carbonyl (C=O) groups is 2. The van der Waals surface area contributed by atoms with E-state index in [0.29, 0.717) is 13.1 Å². The molecule has 0 fully saturated rings. The quantitative estimate of drug-likeness (QED) is 0.194. The van der Waals surface area contributed by atoms with Crippen molar-refractivity contribution in [2.75, 3.05) is 18.8 Å². The van der Waals surface area contributed by atoms with Crippen molar-refractivity contribution in [2.24, 2.45) is 5.41 Å². The summed E-state index contributed by atoms with van der Waals surface area (Å²) in [6.45, 7) is 12.7. The molecule has 9 unspecified atom stereocenters. The molecular weight excluding hydrogens is 707 g/mol. The standard InChI is InChI=1S/C15H43N2O4P13S/c1-13(2,3)20-11(18)16-8-15(7,9-17-12(19)21-14(4,5)6)10-35-34(32(28)29(22)23)33(30(24)25)31(26)27/h8-10,22-28H2,1-7H3,(H,16,18)(H,17,19). The molecule has 0 bridgehead atoms. The van der Waals surface area contributed by atoms with Gasteiger partial charge in [-0.05, 0) is 69.5 Å². The molecule has 2 N–H and O–H groups in total. The van der Waals surface area contributed by atoms with Crippen LogP contribution in [0.5, 0.6) is 0 Å². The second kappa shape index (κ2) is 18.2. The lowest BCUT2D eigenvalue weighted by molar-refractivity contribution is 0.0487. The van der Waals surface area contributed by atoms with Gasteiger partial charge in [0.25, 0.3) is 0 Å². The van der Waals surface area contributed by atoms with Crippen molar-refractivity contribution in [3.8, 4) is 0 Å². The van der Waals surface area contributed by atoms with Crippen molar-refractivity contribution in [1.29, 1.82) is 0 Å². The number of nitrogens with one attached hydrogen (secondary N) is 2. The van der Waals surface area contributed by atoms with Gasteiger partial charge in [0.1, 0.15) is 11.2 Å². The van der Waals surface area contributed by atoms with Crippen LogP contribution in [0, 0.1) is 5.41 Å². The van der Waals surface area contributed by atoms with Crippen molar-refractivity contribution in [1.82, 2.24) is 10.6 Å². The van der Waals surface area contributed by atoms with Crippen molar-refractivity contribution >= 4 is 128 Å². The summed E-state index contributed by atoms with van der Waals surface area (Å²) >= 11 is 2.05. The highest BCUT2D eigenvalue weighted by molar-refractivity contribution is 9.30. The summed E-state index contributed by atoms with van der Waals surface area (Å²) < 4.78 is 10.9. The molecule has 20 heteroatoms. The summed E-state index contributed by atoms with van der Waals surface area (Å²) in [5.74, 6) is 0.811. The maximum absolute atomic E-state index is 12.4. The molecule has 0 aromatic rings. The zero-order valence-corrected chi connectivity index (χ0v) is 35.7. The maximum atomic E-state index is 12.4. The first-order valence-corrected chi connectivity index (χ1v) is 34.8. The average Bonchev–Trinajstić information content (AvgIpc) is 2.64. The molecular formula is C15H43N2O4P13S. The third-order valence-corrected chi connectivity index (χ3v) is 86.1. The van der Waals surface area contributed by atoms with E-state index in [1.165, 1.54) is 0 Å². The van der Waals surface area contributed by atoms with Gasteiger partial charge in [-0.25, -0.2) is 9.59 Å². The molecule has 0 aliphatic rings. The third kappa shape index (κ3) is 18.6. The molecule has 0 aromatic heterocycles. The van der Waals surface area contributed by atoms with Crippen LogP contribution in [-0.4, -0.2) is 42.2 Å². The second-order valence-electron chi connectivity index (χ2n) is 9.78. The van der Waals surface area contributed by atoms with Crippen LogP contribution in [0.4, 0.5) is 9.59 Å². The minimum Gasteiger partial charge on any atom is -0.444 e. The number of rotatable bonds is 12. The molecule has 0 aliphatic carbocycles. The van der Waals surface area contributed by atoms with Gasteiger partial charge in [-0.15, -0.1) is 73.9 Å². The zero-order valence-electron chi connectivity index (χ0n) is 21.4. The molecule has 208 valence electrons. The first-order chi connectivity index (χ1) is 15.7. The smallest absolute Gasteiger partial charge is 0.407 e. The molecule has 0 radical (unpaired) electrons. The minimum atomic E-state index is -0.568. The highest BCUT2D eigenvalue weighted by Crippen LogP contribution is 3.19. The van der Waals surface area contributed by atoms with Gasteiger partial charge in [0.15, 0.2) is 0 Å². The fourth-order valence-electron chi connectivity index (χ4n) is 2.15. The number of carbonyl (C=O) groups excluding carboxylic acids is 2. The fourth-order valence-corrected chi connectivity index (χ4v) is 127. The molecule has 0 aliphatic heterocycles. The summed E-state index contributed by atoms with van der Waals surface area (Å²) in [7, 11) is 21.5. The second-order valence-corrected chi connectivity index (χ2v) is 62.6. The topological polar surface area (TPSA) is 76.7 Å². The Morgan fingerprint density at radius 3 is 1.37 bits per heavy atom. The van der Waals surface area contributed by atoms with Crippen molar-refractivity contribution < 1.29 is 19.1 Å². The van der Waals surface area contributed by atoms with Gasteiger partial charge in [-0.1, -0.05) is 6.92 Å². The highest BCUT2D eigenvalue weighted by atomic mass is 33.4. The lowest BCUT2D eigenvalue weighted by Gasteiger charge is -2.40. The zero-order chi connectivity index (χ0) is 27.8. The number of ether oxygens (including phenoxy) is 2. The normalized spacial score (nSPS) is 14.9. The Balaban J connectivity index is 5.71. The average molecular weight is 750 g/mol. The van der Waals surface area contributed by atoms with E-state index in [4.69, 9.17) is 9.47 Å². The van der Waals surface area contributed by atoms with Gasteiger partial charge in [-0.3, -0.25) is 0 Å². The van der Waals surface area contributed by atoms with Crippen LogP contribution in [0.2, 0.25) is 0 Å². The summed E-state index contributed by atoms with van der Waals surface area (Å²) in [4.78, 5) is 24.8. The molecule has 9 atom stereocenters. The van der Waals surface area contributed by atoms with Gasteiger partial charge in [-0.2, -0.15) is 0 Å². The molecule has 0 spiro atoms. The van der Waals surface area contributed by atoms with E-state index in [2.05, 4.69) is 80.1 Å². The van der Waals surface area contributed by atoms with E-state index >= 15 is 0 Å². The summed E-state index contributed by atoms with van der Waals surface area (Å²) in [5, 5.41) is 5.87. The molecule has 0 saturated heterocycles. The van der Waals surface area contributed by atoms with E-state index < -0.39 is 23.4 Å². The Morgan fingerprint density at radius 2 is 1.09 bits per heavy atom. The molecule has 35 heavy (non-hydrogen) atoms. The van der Waals surface area contributed by atoms with Crippen molar-refractivity contribution in [3.63, 3.8) is 0 Å². The maximum Gasteiger partial charge on any atom is 0.407 e. The van der Waals surface area contributed by atoms with Crippen LogP contribution in [0.15, 0.2) is 0 Å². The predicted octanol–water partition coefficient (Wildman–Crippen LogP) is 10.7. The van der Waals surface area contributed by atoms with Crippen molar-refractivity contribution in [2.45, 2.75) is 59.7 Å². The number of hydrogen-bond donors (Lipinski definition) is 2. The van der Waals surface area contributed by atoms with Gasteiger partial charge in [0.2, 0.25) is 0 Å². The monoisotopic (exact) mass is 750 g/mol. The van der Waals surface area contributed by atoms with Crippen LogP contribution in [0.1, 0.15) is 48.5 Å². The fraction of sp³-hybridized carbons (Fsp3) is 0.867. The SMILES string of the molecule is CC(CNC(=O)OC(C)(C)C)(CNC(=O)OC(C)(C)C)CSP(P(P)P(P)P)P(P(P)P)P(P)P. The van der Waals surface area contributed by atoms with E-state index in [0.717, 1.165) is 5.75 Å². The molecule has 0 saturated carbocycles. The van der Waals surface area contributed by atoms with Crippen LogP contribution in [-0.2, 0) is 9.47 Å². The predicted molar refractivity (Wildman–Crippen MR) is 199 cm³/mol. The summed E-state index contributed by atoms with van der Waals surface area (Å²) in [5.41, 5.74) is -1.51. The Labute approximate surface area is 239 Å². The molecule has 0 rings (SSSR count). The molecule has 0 aromatic carbocycles. The number of alkyl carbamates (subject to hydrolysis) is 2.